The van der Waals surface area contributed by atoms with Crippen molar-refractivity contribution in [3.8, 4) is 5.75 Å². The van der Waals surface area contributed by atoms with Gasteiger partial charge < -0.3 is 14.4 Å². The number of aliphatic carboxylic acids is 1. The molecule has 1 atom stereocenters. The number of carboxylic acids is 1. The number of ether oxygens (including phenoxy) is 1. The highest BCUT2D eigenvalue weighted by atomic mass is 35.5. The number of carbonyl (C=O) groups is 1. The van der Waals surface area contributed by atoms with Crippen LogP contribution in [0.2, 0.25) is 0 Å². The van der Waals surface area contributed by atoms with Gasteiger partial charge in [-0.2, -0.15) is 0 Å². The van der Waals surface area contributed by atoms with E-state index in [1.165, 1.54) is 23.9 Å². The van der Waals surface area contributed by atoms with Crippen molar-refractivity contribution in [3.05, 3.63) is 34.9 Å². The predicted octanol–water partition coefficient (Wildman–Crippen LogP) is 1.86. The van der Waals surface area contributed by atoms with E-state index in [2.05, 4.69) is 4.98 Å². The zero-order valence-corrected chi connectivity index (χ0v) is 11.9. The standard InChI is InChI=1S/C13H14N2O4.ClH/c1-3-19-9-6-10-11(14-7-9)4-5-15(12(10)16)8(2)13(17)18;/h4-8H,3H2,1-2H3,(H,17,18);1H. The van der Waals surface area contributed by atoms with Crippen LogP contribution in [-0.4, -0.2) is 27.2 Å². The van der Waals surface area contributed by atoms with E-state index in [4.69, 9.17) is 9.84 Å². The lowest BCUT2D eigenvalue weighted by Crippen LogP contribution is -2.27. The van der Waals surface area contributed by atoms with Gasteiger partial charge in [-0.15, -0.1) is 12.4 Å². The number of hydrogen-bond acceptors (Lipinski definition) is 4. The Morgan fingerprint density at radius 3 is 2.85 bits per heavy atom. The van der Waals surface area contributed by atoms with Gasteiger partial charge in [0.2, 0.25) is 0 Å². The van der Waals surface area contributed by atoms with Crippen molar-refractivity contribution >= 4 is 29.3 Å². The van der Waals surface area contributed by atoms with Crippen LogP contribution in [0.5, 0.6) is 5.75 Å². The van der Waals surface area contributed by atoms with Crippen molar-refractivity contribution in [3.63, 3.8) is 0 Å². The summed E-state index contributed by atoms with van der Waals surface area (Å²) < 4.78 is 6.46. The molecule has 0 saturated heterocycles. The Kier molecular flexibility index (Phi) is 5.10. The van der Waals surface area contributed by atoms with Crippen LogP contribution < -0.4 is 10.3 Å². The molecular formula is C13H15ClN2O4. The zero-order chi connectivity index (χ0) is 14.0. The van der Waals surface area contributed by atoms with Gasteiger partial charge in [-0.25, -0.2) is 4.79 Å². The number of aromatic nitrogens is 2. The predicted molar refractivity (Wildman–Crippen MR) is 76.8 cm³/mol. The van der Waals surface area contributed by atoms with Gasteiger partial charge >= 0.3 is 5.97 Å². The second-order valence-corrected chi connectivity index (χ2v) is 4.08. The third-order valence-electron chi connectivity index (χ3n) is 2.84. The van der Waals surface area contributed by atoms with Crippen molar-refractivity contribution in [1.29, 1.82) is 0 Å². The summed E-state index contributed by atoms with van der Waals surface area (Å²) in [5.74, 6) is -0.566. The molecule has 0 aromatic carbocycles. The molecule has 0 aliphatic carbocycles. The van der Waals surface area contributed by atoms with Crippen LogP contribution in [0.15, 0.2) is 29.3 Å². The largest absolute Gasteiger partial charge is 0.492 e. The summed E-state index contributed by atoms with van der Waals surface area (Å²) in [6, 6.07) is 2.28. The van der Waals surface area contributed by atoms with Gasteiger partial charge in [0, 0.05) is 6.20 Å². The molecule has 2 aromatic rings. The van der Waals surface area contributed by atoms with E-state index in [-0.39, 0.29) is 18.0 Å². The third-order valence-corrected chi connectivity index (χ3v) is 2.84. The maximum atomic E-state index is 12.2. The molecule has 0 aliphatic rings. The highest BCUT2D eigenvalue weighted by molar-refractivity contribution is 5.85. The van der Waals surface area contributed by atoms with E-state index in [9.17, 15) is 9.59 Å². The van der Waals surface area contributed by atoms with E-state index in [1.807, 2.05) is 6.92 Å². The number of rotatable bonds is 4. The first-order chi connectivity index (χ1) is 9.04. The molecule has 2 aromatic heterocycles. The van der Waals surface area contributed by atoms with Crippen molar-refractivity contribution in [1.82, 2.24) is 9.55 Å². The zero-order valence-electron chi connectivity index (χ0n) is 11.1. The average Bonchev–Trinajstić information content (AvgIpc) is 2.39. The first kappa shape index (κ1) is 16.0. The molecule has 20 heavy (non-hydrogen) atoms. The van der Waals surface area contributed by atoms with E-state index in [0.29, 0.717) is 23.3 Å². The molecule has 7 heteroatoms. The van der Waals surface area contributed by atoms with E-state index in [1.54, 1.807) is 12.1 Å². The summed E-state index contributed by atoms with van der Waals surface area (Å²) in [6.07, 6.45) is 2.98. The average molecular weight is 299 g/mol. The minimum Gasteiger partial charge on any atom is -0.492 e. The monoisotopic (exact) mass is 298 g/mol. The molecule has 0 radical (unpaired) electrons. The van der Waals surface area contributed by atoms with Crippen LogP contribution in [-0.2, 0) is 4.79 Å². The quantitative estimate of drug-likeness (QED) is 0.932. The summed E-state index contributed by atoms with van der Waals surface area (Å²) in [5, 5.41) is 9.32. The molecule has 6 nitrogen and oxygen atoms in total. The molecule has 1 N–H and O–H groups in total. The molecule has 1 unspecified atom stereocenters. The van der Waals surface area contributed by atoms with Gasteiger partial charge in [0.15, 0.2) is 0 Å². The SMILES string of the molecule is CCOc1cnc2ccn(C(C)C(=O)O)c(=O)c2c1.Cl. The van der Waals surface area contributed by atoms with Gasteiger partial charge in [-0.3, -0.25) is 9.78 Å². The molecule has 108 valence electrons. The van der Waals surface area contributed by atoms with Crippen molar-refractivity contribution in [2.75, 3.05) is 6.61 Å². The second kappa shape index (κ2) is 6.38. The Hall–Kier alpha value is -2.08. The second-order valence-electron chi connectivity index (χ2n) is 4.08. The number of fused-ring (bicyclic) bond motifs is 1. The normalized spacial score (nSPS) is 11.7. The van der Waals surface area contributed by atoms with Crippen LogP contribution in [0.25, 0.3) is 10.9 Å². The van der Waals surface area contributed by atoms with E-state index < -0.39 is 12.0 Å². The van der Waals surface area contributed by atoms with Crippen LogP contribution in [0.1, 0.15) is 19.9 Å². The Bertz CT molecular complexity index is 684. The fourth-order valence-corrected chi connectivity index (χ4v) is 1.79. The number of carboxylic acid groups (broad SMARTS) is 1. The first-order valence-corrected chi connectivity index (χ1v) is 5.91. The van der Waals surface area contributed by atoms with Crippen molar-refractivity contribution < 1.29 is 14.6 Å². The lowest BCUT2D eigenvalue weighted by molar-refractivity contribution is -0.140. The van der Waals surface area contributed by atoms with Crippen molar-refractivity contribution in [2.24, 2.45) is 0 Å². The molecular weight excluding hydrogens is 284 g/mol. The highest BCUT2D eigenvalue weighted by Gasteiger charge is 2.16. The van der Waals surface area contributed by atoms with Gasteiger partial charge in [0.05, 0.1) is 23.7 Å². The Balaban J connectivity index is 0.00000200. The molecule has 2 heterocycles. The fourth-order valence-electron chi connectivity index (χ4n) is 1.79. The van der Waals surface area contributed by atoms with Crippen LogP contribution in [0, 0.1) is 0 Å². The summed E-state index contributed by atoms with van der Waals surface area (Å²) in [5.41, 5.74) is 0.128. The minimum absolute atomic E-state index is 0. The Morgan fingerprint density at radius 1 is 1.55 bits per heavy atom. The topological polar surface area (TPSA) is 81.4 Å². The number of pyridine rings is 2. The molecule has 0 aliphatic heterocycles. The Morgan fingerprint density at radius 2 is 2.25 bits per heavy atom. The molecule has 0 amide bonds. The maximum absolute atomic E-state index is 12.2. The van der Waals surface area contributed by atoms with Gasteiger partial charge in [0.1, 0.15) is 11.8 Å². The molecule has 2 rings (SSSR count). The third kappa shape index (κ3) is 2.91. The Labute approximate surface area is 121 Å². The lowest BCUT2D eigenvalue weighted by atomic mass is 10.2. The summed E-state index contributed by atoms with van der Waals surface area (Å²) in [6.45, 7) is 3.76. The van der Waals surface area contributed by atoms with E-state index >= 15 is 0 Å². The molecule has 0 saturated carbocycles. The van der Waals surface area contributed by atoms with Crippen LogP contribution in [0.4, 0.5) is 0 Å². The van der Waals surface area contributed by atoms with Crippen LogP contribution >= 0.6 is 12.4 Å². The maximum Gasteiger partial charge on any atom is 0.326 e. The van der Waals surface area contributed by atoms with Crippen molar-refractivity contribution in [2.45, 2.75) is 19.9 Å². The van der Waals surface area contributed by atoms with Gasteiger partial charge in [-0.05, 0) is 26.0 Å². The molecule has 0 fully saturated rings. The molecule has 0 bridgehead atoms. The summed E-state index contributed by atoms with van der Waals surface area (Å²) in [4.78, 5) is 27.3. The van der Waals surface area contributed by atoms with E-state index in [0.717, 1.165) is 0 Å². The first-order valence-electron chi connectivity index (χ1n) is 5.91. The van der Waals surface area contributed by atoms with Crippen LogP contribution in [0.3, 0.4) is 0 Å². The fraction of sp³-hybridized carbons (Fsp3) is 0.308. The van der Waals surface area contributed by atoms with Gasteiger partial charge in [0.25, 0.3) is 5.56 Å². The summed E-state index contributed by atoms with van der Waals surface area (Å²) >= 11 is 0. The highest BCUT2D eigenvalue weighted by Crippen LogP contribution is 2.16. The van der Waals surface area contributed by atoms with Gasteiger partial charge in [-0.1, -0.05) is 0 Å². The number of nitrogens with zero attached hydrogens (tertiary/aromatic N) is 2. The lowest BCUT2D eigenvalue weighted by Gasteiger charge is -2.11. The molecule has 0 spiro atoms. The minimum atomic E-state index is -1.06. The smallest absolute Gasteiger partial charge is 0.326 e. The number of halogens is 1. The summed E-state index contributed by atoms with van der Waals surface area (Å²) in [7, 11) is 0. The number of hydrogen-bond donors (Lipinski definition) is 1.